The maximum Gasteiger partial charge on any atom is 0.212 e. The predicted octanol–water partition coefficient (Wildman–Crippen LogP) is 3.25. The molecule has 2 aliphatic heterocycles. The zero-order valence-corrected chi connectivity index (χ0v) is 17.1. The molecule has 2 fully saturated rings. The molecule has 0 radical (unpaired) electrons. The minimum atomic E-state index is -0.529. The largest absolute Gasteiger partial charge is 0.483 e. The van der Waals surface area contributed by atoms with Crippen molar-refractivity contribution < 1.29 is 14.6 Å². The smallest absolute Gasteiger partial charge is 0.212 e. The number of aliphatic hydroxyl groups excluding tert-OH is 1. The Morgan fingerprint density at radius 1 is 1.24 bits per heavy atom. The first kappa shape index (κ1) is 18.9. The van der Waals surface area contributed by atoms with Crippen molar-refractivity contribution in [2.75, 3.05) is 20.2 Å². The van der Waals surface area contributed by atoms with E-state index in [0.717, 1.165) is 43.9 Å². The summed E-state index contributed by atoms with van der Waals surface area (Å²) >= 11 is 0. The van der Waals surface area contributed by atoms with E-state index in [0.29, 0.717) is 18.3 Å². The summed E-state index contributed by atoms with van der Waals surface area (Å²) < 4.78 is 13.7. The second-order valence-corrected chi connectivity index (χ2v) is 8.79. The van der Waals surface area contributed by atoms with Gasteiger partial charge in [-0.05, 0) is 31.2 Å². The lowest BCUT2D eigenvalue weighted by Crippen LogP contribution is -2.50. The number of likely N-dealkylation sites (tertiary alicyclic amines) is 1. The molecule has 1 atom stereocenters. The standard InChI is InChI=1S/C22H30N4O3/c1-28-20-7-6-16(13-23-20)14-25-10-8-22(9-11-25)12-18(27)21-19(29-22)15-26(24-21)17-4-2-3-5-17/h6-7,13,15,17-18,27H,2-5,8-12,14H2,1H3. The van der Waals surface area contributed by atoms with Gasteiger partial charge in [-0.2, -0.15) is 5.10 Å². The van der Waals surface area contributed by atoms with Gasteiger partial charge in [-0.25, -0.2) is 4.98 Å². The summed E-state index contributed by atoms with van der Waals surface area (Å²) in [6, 6.07) is 4.44. The number of fused-ring (bicyclic) bond motifs is 1. The van der Waals surface area contributed by atoms with Gasteiger partial charge in [0.1, 0.15) is 17.4 Å². The summed E-state index contributed by atoms with van der Waals surface area (Å²) in [7, 11) is 1.63. The average molecular weight is 399 g/mol. The quantitative estimate of drug-likeness (QED) is 0.852. The van der Waals surface area contributed by atoms with Crippen LogP contribution in [0.3, 0.4) is 0 Å². The molecule has 4 heterocycles. The molecule has 1 saturated carbocycles. The van der Waals surface area contributed by atoms with Crippen LogP contribution in [-0.4, -0.2) is 50.6 Å². The first-order chi connectivity index (χ1) is 14.1. The molecule has 1 spiro atoms. The fourth-order valence-electron chi connectivity index (χ4n) is 5.09. The fourth-order valence-corrected chi connectivity index (χ4v) is 5.09. The first-order valence-corrected chi connectivity index (χ1v) is 10.8. The van der Waals surface area contributed by atoms with E-state index in [4.69, 9.17) is 14.6 Å². The van der Waals surface area contributed by atoms with Crippen molar-refractivity contribution in [1.29, 1.82) is 0 Å². The predicted molar refractivity (Wildman–Crippen MR) is 108 cm³/mol. The number of ether oxygens (including phenoxy) is 2. The molecule has 156 valence electrons. The third kappa shape index (κ3) is 3.73. The molecule has 2 aromatic rings. The summed E-state index contributed by atoms with van der Waals surface area (Å²) in [6.45, 7) is 2.77. The Kier molecular flexibility index (Phi) is 4.95. The summed E-state index contributed by atoms with van der Waals surface area (Å²) in [5.41, 5.74) is 1.64. The van der Waals surface area contributed by atoms with E-state index in [1.54, 1.807) is 7.11 Å². The van der Waals surface area contributed by atoms with Crippen molar-refractivity contribution in [3.05, 3.63) is 35.8 Å². The third-order valence-electron chi connectivity index (χ3n) is 6.81. The topological polar surface area (TPSA) is 72.6 Å². The SMILES string of the molecule is COc1ccc(CN2CCC3(CC2)CC(O)c2nn(C4CCCC4)cc2O3)cn1. The Labute approximate surface area is 171 Å². The molecule has 2 aromatic heterocycles. The van der Waals surface area contributed by atoms with Crippen molar-refractivity contribution in [3.8, 4) is 11.6 Å². The molecule has 3 aliphatic rings. The highest BCUT2D eigenvalue weighted by Crippen LogP contribution is 2.45. The second-order valence-electron chi connectivity index (χ2n) is 8.79. The maximum absolute atomic E-state index is 10.8. The highest BCUT2D eigenvalue weighted by Gasteiger charge is 2.44. The Balaban J connectivity index is 1.23. The van der Waals surface area contributed by atoms with Crippen molar-refractivity contribution in [2.24, 2.45) is 0 Å². The number of nitrogens with zero attached hydrogens (tertiary/aromatic N) is 4. The van der Waals surface area contributed by atoms with Crippen LogP contribution in [0.25, 0.3) is 0 Å². The summed E-state index contributed by atoms with van der Waals surface area (Å²) in [4.78, 5) is 6.73. The Hall–Kier alpha value is -2.12. The van der Waals surface area contributed by atoms with Crippen LogP contribution in [-0.2, 0) is 6.54 Å². The molecule has 29 heavy (non-hydrogen) atoms. The lowest BCUT2D eigenvalue weighted by atomic mass is 9.83. The van der Waals surface area contributed by atoms with E-state index in [2.05, 4.69) is 16.0 Å². The normalized spacial score (nSPS) is 24.4. The third-order valence-corrected chi connectivity index (χ3v) is 6.81. The van der Waals surface area contributed by atoms with Crippen LogP contribution in [0.2, 0.25) is 0 Å². The lowest BCUT2D eigenvalue weighted by Gasteiger charge is -2.44. The molecule has 1 unspecified atom stereocenters. The highest BCUT2D eigenvalue weighted by molar-refractivity contribution is 5.31. The number of pyridine rings is 1. The number of piperidine rings is 1. The summed E-state index contributed by atoms with van der Waals surface area (Å²) in [5.74, 6) is 1.44. The van der Waals surface area contributed by atoms with Gasteiger partial charge in [0.25, 0.3) is 0 Å². The molecule has 5 rings (SSSR count). The number of hydrogen-bond donors (Lipinski definition) is 1. The Bertz CT molecular complexity index is 836. The van der Waals surface area contributed by atoms with Gasteiger partial charge in [0.2, 0.25) is 5.88 Å². The first-order valence-electron chi connectivity index (χ1n) is 10.8. The molecule has 0 bridgehead atoms. The van der Waals surface area contributed by atoms with E-state index in [1.165, 1.54) is 31.2 Å². The van der Waals surface area contributed by atoms with Gasteiger partial charge in [-0.3, -0.25) is 9.58 Å². The van der Waals surface area contributed by atoms with Gasteiger partial charge < -0.3 is 14.6 Å². The molecule has 7 heteroatoms. The second kappa shape index (κ2) is 7.61. The average Bonchev–Trinajstić information content (AvgIpc) is 3.40. The van der Waals surface area contributed by atoms with Crippen LogP contribution < -0.4 is 9.47 Å². The van der Waals surface area contributed by atoms with Crippen molar-refractivity contribution in [1.82, 2.24) is 19.7 Å². The Morgan fingerprint density at radius 3 is 2.72 bits per heavy atom. The number of aromatic nitrogens is 3. The van der Waals surface area contributed by atoms with Crippen LogP contribution in [0.1, 0.15) is 68.3 Å². The van der Waals surface area contributed by atoms with Gasteiger partial charge in [-0.1, -0.05) is 18.9 Å². The summed E-state index contributed by atoms with van der Waals surface area (Å²) in [5, 5.41) is 15.5. The van der Waals surface area contributed by atoms with Crippen LogP contribution in [0.5, 0.6) is 11.6 Å². The lowest BCUT2D eigenvalue weighted by molar-refractivity contribution is -0.0559. The van der Waals surface area contributed by atoms with Gasteiger partial charge >= 0.3 is 0 Å². The van der Waals surface area contributed by atoms with E-state index < -0.39 is 6.10 Å². The molecule has 1 aliphatic carbocycles. The van der Waals surface area contributed by atoms with Crippen LogP contribution in [0.4, 0.5) is 0 Å². The van der Waals surface area contributed by atoms with Crippen LogP contribution in [0, 0.1) is 0 Å². The van der Waals surface area contributed by atoms with Gasteiger partial charge in [0.05, 0.1) is 19.3 Å². The minimum Gasteiger partial charge on any atom is -0.483 e. The molecule has 1 saturated heterocycles. The molecule has 1 N–H and O–H groups in total. The minimum absolute atomic E-state index is 0.273. The zero-order valence-electron chi connectivity index (χ0n) is 17.1. The van der Waals surface area contributed by atoms with E-state index in [9.17, 15) is 5.11 Å². The van der Waals surface area contributed by atoms with E-state index in [-0.39, 0.29) is 5.60 Å². The Morgan fingerprint density at radius 2 is 2.03 bits per heavy atom. The number of methoxy groups -OCH3 is 1. The summed E-state index contributed by atoms with van der Waals surface area (Å²) in [6.07, 6.45) is 10.7. The van der Waals surface area contributed by atoms with Gasteiger partial charge in [0.15, 0.2) is 5.75 Å². The molecular formula is C22H30N4O3. The highest BCUT2D eigenvalue weighted by atomic mass is 16.5. The fraction of sp³-hybridized carbons (Fsp3) is 0.636. The van der Waals surface area contributed by atoms with Crippen LogP contribution >= 0.6 is 0 Å². The van der Waals surface area contributed by atoms with Gasteiger partial charge in [-0.15, -0.1) is 0 Å². The van der Waals surface area contributed by atoms with Crippen molar-refractivity contribution >= 4 is 0 Å². The zero-order chi connectivity index (χ0) is 19.8. The molecule has 0 aromatic carbocycles. The number of aliphatic hydroxyl groups is 1. The maximum atomic E-state index is 10.8. The van der Waals surface area contributed by atoms with E-state index >= 15 is 0 Å². The number of rotatable bonds is 4. The molecular weight excluding hydrogens is 368 g/mol. The number of hydrogen-bond acceptors (Lipinski definition) is 6. The monoisotopic (exact) mass is 398 g/mol. The van der Waals surface area contributed by atoms with Crippen molar-refractivity contribution in [3.63, 3.8) is 0 Å². The molecule has 0 amide bonds. The van der Waals surface area contributed by atoms with Crippen LogP contribution in [0.15, 0.2) is 24.5 Å². The van der Waals surface area contributed by atoms with Gasteiger partial charge in [0, 0.05) is 38.3 Å². The van der Waals surface area contributed by atoms with Crippen molar-refractivity contribution in [2.45, 2.75) is 69.2 Å². The van der Waals surface area contributed by atoms with E-state index in [1.807, 2.05) is 23.1 Å². The molecule has 7 nitrogen and oxygen atoms in total.